The van der Waals surface area contributed by atoms with E-state index in [1.807, 2.05) is 6.92 Å². The Balaban J connectivity index is 2.55. The van der Waals surface area contributed by atoms with Crippen LogP contribution in [0.3, 0.4) is 0 Å². The molecule has 0 spiro atoms. The van der Waals surface area contributed by atoms with Gasteiger partial charge in [0.25, 0.3) is 0 Å². The van der Waals surface area contributed by atoms with Gasteiger partial charge in [0.15, 0.2) is 0 Å². The summed E-state index contributed by atoms with van der Waals surface area (Å²) in [6.07, 6.45) is -1.69. The van der Waals surface area contributed by atoms with Crippen molar-refractivity contribution in [1.82, 2.24) is 0 Å². The van der Waals surface area contributed by atoms with Gasteiger partial charge in [0.05, 0.1) is 15.6 Å². The molecule has 0 bridgehead atoms. The third kappa shape index (κ3) is 4.10. The lowest BCUT2D eigenvalue weighted by Crippen LogP contribution is -2.12. The van der Waals surface area contributed by atoms with E-state index in [0.717, 1.165) is 17.7 Å². The summed E-state index contributed by atoms with van der Waals surface area (Å²) in [5, 5.41) is 0.854. The predicted octanol–water partition coefficient (Wildman–Crippen LogP) is 6.92. The molecule has 0 aromatic heterocycles. The molecule has 0 saturated heterocycles. The molecule has 0 fully saturated rings. The van der Waals surface area contributed by atoms with E-state index >= 15 is 0 Å². The first kappa shape index (κ1) is 18.3. The quantitative estimate of drug-likeness (QED) is 0.437. The number of aryl methyl sites for hydroxylation is 1. The number of alkyl halides is 3. The van der Waals surface area contributed by atoms with Crippen molar-refractivity contribution in [3.63, 3.8) is 0 Å². The van der Waals surface area contributed by atoms with Crippen molar-refractivity contribution in [2.45, 2.75) is 45.2 Å². The van der Waals surface area contributed by atoms with Gasteiger partial charge in [-0.05, 0) is 55.4 Å². The van der Waals surface area contributed by atoms with E-state index in [2.05, 4.69) is 0 Å². The summed E-state index contributed by atoms with van der Waals surface area (Å²) < 4.78 is 52.7. The minimum absolute atomic E-state index is 0.154. The van der Waals surface area contributed by atoms with Gasteiger partial charge in [0, 0.05) is 0 Å². The van der Waals surface area contributed by atoms with Crippen molar-refractivity contribution < 1.29 is 17.6 Å². The average molecular weight is 367 g/mol. The SMILES string of the molecule is CC1=C(Cl)C(Cl)=CCC(C)c2cc(F)c(C(F)(F)F)cc2CC1. The lowest BCUT2D eigenvalue weighted by Gasteiger charge is -2.20. The van der Waals surface area contributed by atoms with E-state index < -0.39 is 17.6 Å². The van der Waals surface area contributed by atoms with Crippen LogP contribution in [0.5, 0.6) is 0 Å². The Bertz CT molecular complexity index is 672. The van der Waals surface area contributed by atoms with Gasteiger partial charge in [-0.25, -0.2) is 4.39 Å². The highest BCUT2D eigenvalue weighted by atomic mass is 35.5. The maximum atomic E-state index is 13.9. The second kappa shape index (κ2) is 6.86. The first-order valence-electron chi connectivity index (χ1n) is 7.22. The summed E-state index contributed by atoms with van der Waals surface area (Å²) in [5.41, 5.74) is 0.664. The number of hydrogen-bond acceptors (Lipinski definition) is 0. The Kier molecular flexibility index (Phi) is 5.47. The van der Waals surface area contributed by atoms with Crippen LogP contribution in [0, 0.1) is 5.82 Å². The van der Waals surface area contributed by atoms with Crippen molar-refractivity contribution in [3.05, 3.63) is 56.4 Å². The van der Waals surface area contributed by atoms with Crippen LogP contribution in [-0.4, -0.2) is 0 Å². The van der Waals surface area contributed by atoms with Gasteiger partial charge < -0.3 is 0 Å². The van der Waals surface area contributed by atoms with Crippen LogP contribution >= 0.6 is 23.2 Å². The van der Waals surface area contributed by atoms with Crippen molar-refractivity contribution in [2.75, 3.05) is 0 Å². The van der Waals surface area contributed by atoms with E-state index in [4.69, 9.17) is 23.2 Å². The van der Waals surface area contributed by atoms with E-state index in [0.29, 0.717) is 40.5 Å². The molecule has 1 aliphatic rings. The largest absolute Gasteiger partial charge is 0.419 e. The monoisotopic (exact) mass is 366 g/mol. The number of benzene rings is 1. The van der Waals surface area contributed by atoms with Gasteiger partial charge in [-0.2, -0.15) is 13.2 Å². The Labute approximate surface area is 142 Å². The Hall–Kier alpha value is -1.00. The fourth-order valence-corrected chi connectivity index (χ4v) is 3.08. The first-order chi connectivity index (χ1) is 10.6. The number of hydrogen-bond donors (Lipinski definition) is 0. The van der Waals surface area contributed by atoms with Gasteiger partial charge in [-0.15, -0.1) is 0 Å². The Morgan fingerprint density at radius 2 is 1.78 bits per heavy atom. The van der Waals surface area contributed by atoms with Gasteiger partial charge in [-0.3, -0.25) is 0 Å². The third-order valence-corrected chi connectivity index (χ3v) is 5.04. The van der Waals surface area contributed by atoms with Gasteiger partial charge >= 0.3 is 6.18 Å². The summed E-state index contributed by atoms with van der Waals surface area (Å²) in [6, 6.07) is 1.93. The van der Waals surface area contributed by atoms with Crippen molar-refractivity contribution in [3.8, 4) is 0 Å². The minimum Gasteiger partial charge on any atom is -0.206 e. The second-order valence-electron chi connectivity index (χ2n) is 5.81. The molecule has 6 heteroatoms. The summed E-state index contributed by atoms with van der Waals surface area (Å²) in [5.74, 6) is -1.39. The normalized spacial score (nSPS) is 20.2. The molecule has 126 valence electrons. The van der Waals surface area contributed by atoms with Gasteiger partial charge in [-0.1, -0.05) is 41.8 Å². The highest BCUT2D eigenvalue weighted by molar-refractivity contribution is 6.44. The highest BCUT2D eigenvalue weighted by Gasteiger charge is 2.35. The maximum Gasteiger partial charge on any atom is 0.419 e. The third-order valence-electron chi connectivity index (χ3n) is 4.07. The number of fused-ring (bicyclic) bond motifs is 1. The molecule has 0 N–H and O–H groups in total. The lowest BCUT2D eigenvalue weighted by atomic mass is 9.88. The molecule has 1 aromatic carbocycles. The van der Waals surface area contributed by atoms with Gasteiger partial charge in [0.2, 0.25) is 0 Å². The fourth-order valence-electron chi connectivity index (χ4n) is 2.66. The van der Waals surface area contributed by atoms with Crippen LogP contribution < -0.4 is 0 Å². The number of allylic oxidation sites excluding steroid dienone is 4. The molecular weight excluding hydrogens is 351 g/mol. The molecule has 23 heavy (non-hydrogen) atoms. The van der Waals surface area contributed by atoms with E-state index in [1.165, 1.54) is 0 Å². The van der Waals surface area contributed by atoms with Crippen molar-refractivity contribution >= 4 is 23.2 Å². The van der Waals surface area contributed by atoms with Crippen LogP contribution in [0.2, 0.25) is 0 Å². The predicted molar refractivity (Wildman–Crippen MR) is 85.2 cm³/mol. The Morgan fingerprint density at radius 3 is 2.39 bits per heavy atom. The van der Waals surface area contributed by atoms with E-state index in [-0.39, 0.29) is 5.92 Å². The van der Waals surface area contributed by atoms with Crippen LogP contribution in [-0.2, 0) is 12.6 Å². The van der Waals surface area contributed by atoms with Gasteiger partial charge in [0.1, 0.15) is 5.82 Å². The first-order valence-corrected chi connectivity index (χ1v) is 7.97. The molecule has 1 aliphatic carbocycles. The zero-order chi connectivity index (χ0) is 17.4. The molecular formula is C17H16Cl2F4. The topological polar surface area (TPSA) is 0 Å². The zero-order valence-corrected chi connectivity index (χ0v) is 14.2. The summed E-state index contributed by atoms with van der Waals surface area (Å²) in [4.78, 5) is 0. The molecule has 0 nitrogen and oxygen atoms in total. The van der Waals surface area contributed by atoms with Crippen molar-refractivity contribution in [1.29, 1.82) is 0 Å². The summed E-state index contributed by atoms with van der Waals surface area (Å²) in [6.45, 7) is 3.62. The van der Waals surface area contributed by atoms with Crippen LogP contribution in [0.15, 0.2) is 33.8 Å². The maximum absolute atomic E-state index is 13.9. The highest BCUT2D eigenvalue weighted by Crippen LogP contribution is 2.37. The smallest absolute Gasteiger partial charge is 0.206 e. The van der Waals surface area contributed by atoms with Crippen LogP contribution in [0.1, 0.15) is 49.3 Å². The molecule has 1 aromatic rings. The molecule has 0 saturated carbocycles. The van der Waals surface area contributed by atoms with Crippen molar-refractivity contribution in [2.24, 2.45) is 0 Å². The molecule has 1 atom stereocenters. The minimum atomic E-state index is -4.70. The second-order valence-corrected chi connectivity index (χ2v) is 6.60. The molecule has 2 rings (SSSR count). The fraction of sp³-hybridized carbons (Fsp3) is 0.412. The number of halogens is 6. The zero-order valence-electron chi connectivity index (χ0n) is 12.7. The lowest BCUT2D eigenvalue weighted by molar-refractivity contribution is -0.140. The molecule has 0 aliphatic heterocycles. The molecule has 0 radical (unpaired) electrons. The van der Waals surface area contributed by atoms with E-state index in [1.54, 1.807) is 13.0 Å². The summed E-state index contributed by atoms with van der Waals surface area (Å²) >= 11 is 12.3. The van der Waals surface area contributed by atoms with Crippen LogP contribution in [0.25, 0.3) is 0 Å². The van der Waals surface area contributed by atoms with E-state index in [9.17, 15) is 17.6 Å². The molecule has 1 unspecified atom stereocenters. The molecule has 0 amide bonds. The standard InChI is InChI=1S/C17H16Cl2F4/c1-9-4-6-14(18)16(19)10(2)3-5-11-7-13(17(21,22)23)15(20)8-12(9)11/h6-9H,3-5H2,1-2H3. The average Bonchev–Trinajstić information content (AvgIpc) is 2.47. The molecule has 0 heterocycles. The number of rotatable bonds is 0. The Morgan fingerprint density at radius 1 is 1.13 bits per heavy atom. The van der Waals surface area contributed by atoms with Crippen LogP contribution in [0.4, 0.5) is 17.6 Å². The summed E-state index contributed by atoms with van der Waals surface area (Å²) in [7, 11) is 0.